The molecule has 2 fully saturated rings. The Morgan fingerprint density at radius 2 is 1.06 bits per heavy atom. The Balaban J connectivity index is 0.000000142. The van der Waals surface area contributed by atoms with Crippen LogP contribution in [-0.2, 0) is 0 Å². The molecular formula is C40H40N12O2. The van der Waals surface area contributed by atoms with Crippen LogP contribution >= 0.6 is 0 Å². The first-order chi connectivity index (χ1) is 26.4. The molecule has 8 aromatic heterocycles. The van der Waals surface area contributed by atoms with Gasteiger partial charge < -0.3 is 19.8 Å². The second kappa shape index (κ2) is 13.8. The first-order valence-corrected chi connectivity index (χ1v) is 18.4. The molecule has 0 unspecified atom stereocenters. The van der Waals surface area contributed by atoms with Gasteiger partial charge in [0.2, 0.25) is 0 Å². The number of H-pyrrole nitrogens is 2. The van der Waals surface area contributed by atoms with Crippen molar-refractivity contribution < 1.29 is 9.59 Å². The molecule has 14 heteroatoms. The summed E-state index contributed by atoms with van der Waals surface area (Å²) in [5.74, 6) is 3.28. The number of fused-ring (bicyclic) bond motifs is 6. The van der Waals surface area contributed by atoms with Crippen LogP contribution in [0.5, 0.6) is 0 Å². The summed E-state index contributed by atoms with van der Waals surface area (Å²) in [5, 5.41) is 0. The van der Waals surface area contributed by atoms with E-state index in [4.69, 9.17) is 9.97 Å². The zero-order chi connectivity index (χ0) is 36.8. The van der Waals surface area contributed by atoms with Crippen molar-refractivity contribution in [2.45, 2.75) is 38.5 Å². The number of aromatic nitrogens is 10. The number of nitrogens with one attached hydrogen (secondary N) is 2. The van der Waals surface area contributed by atoms with Gasteiger partial charge in [-0.15, -0.1) is 0 Å². The molecule has 0 radical (unpaired) electrons. The van der Waals surface area contributed by atoms with Crippen LogP contribution < -0.4 is 0 Å². The van der Waals surface area contributed by atoms with Crippen molar-refractivity contribution in [3.63, 3.8) is 0 Å². The molecule has 10 heterocycles. The third kappa shape index (κ3) is 5.93. The third-order valence-electron chi connectivity index (χ3n) is 11.1. The molecule has 8 aromatic rings. The van der Waals surface area contributed by atoms with Crippen LogP contribution in [0.25, 0.3) is 33.4 Å². The van der Waals surface area contributed by atoms with Crippen LogP contribution in [-0.4, -0.2) is 96.5 Å². The lowest BCUT2D eigenvalue weighted by atomic mass is 9.86. The fourth-order valence-corrected chi connectivity index (χ4v) is 8.05. The van der Waals surface area contributed by atoms with Gasteiger partial charge in [0.1, 0.15) is 11.6 Å². The number of carbonyl (C=O) groups excluding carboxylic acids is 2. The van der Waals surface area contributed by atoms with Gasteiger partial charge in [-0.3, -0.25) is 28.4 Å². The van der Waals surface area contributed by atoms with Crippen LogP contribution in [0.15, 0.2) is 98.4 Å². The highest BCUT2D eigenvalue weighted by Crippen LogP contribution is 2.35. The lowest BCUT2D eigenvalue weighted by Crippen LogP contribution is -2.42. The van der Waals surface area contributed by atoms with Gasteiger partial charge in [-0.25, -0.2) is 19.9 Å². The topological polar surface area (TPSA) is 158 Å². The molecule has 4 atom stereocenters. The Kier molecular flexibility index (Phi) is 8.56. The fraction of sp³-hybridized carbons (Fsp3) is 0.300. The molecule has 272 valence electrons. The first-order valence-electron chi connectivity index (χ1n) is 18.4. The van der Waals surface area contributed by atoms with E-state index in [0.29, 0.717) is 36.1 Å². The molecule has 0 aromatic carbocycles. The van der Waals surface area contributed by atoms with Gasteiger partial charge in [-0.2, -0.15) is 0 Å². The summed E-state index contributed by atoms with van der Waals surface area (Å²) in [6, 6.07) is 11.3. The largest absolute Gasteiger partial charge is 0.345 e. The van der Waals surface area contributed by atoms with Gasteiger partial charge in [-0.1, -0.05) is 13.8 Å². The van der Waals surface area contributed by atoms with Gasteiger partial charge in [0.15, 0.2) is 11.3 Å². The zero-order valence-electron chi connectivity index (χ0n) is 30.1. The molecule has 2 aliphatic rings. The van der Waals surface area contributed by atoms with Crippen molar-refractivity contribution in [1.29, 1.82) is 0 Å². The monoisotopic (exact) mass is 720 g/mol. The normalized spacial score (nSPS) is 20.4. The molecule has 0 spiro atoms. The number of likely N-dealkylation sites (tertiary alicyclic amines) is 2. The number of imidazole rings is 2. The van der Waals surface area contributed by atoms with Crippen molar-refractivity contribution in [2.24, 2.45) is 11.8 Å². The molecule has 10 rings (SSSR count). The Bertz CT molecular complexity index is 2410. The molecule has 0 bridgehead atoms. The Hall–Kier alpha value is -6.44. The molecule has 2 amide bonds. The highest BCUT2D eigenvalue weighted by molar-refractivity contribution is 5.94. The van der Waals surface area contributed by atoms with Crippen molar-refractivity contribution in [1.82, 2.24) is 58.5 Å². The zero-order valence-corrected chi connectivity index (χ0v) is 30.1. The number of amides is 2. The molecule has 2 saturated heterocycles. The van der Waals surface area contributed by atoms with Crippen molar-refractivity contribution in [3.05, 3.63) is 121 Å². The Labute approximate surface area is 310 Å². The number of nitrogens with zero attached hydrogens (tertiary/aromatic N) is 10. The maximum Gasteiger partial charge on any atom is 0.255 e. The van der Waals surface area contributed by atoms with Gasteiger partial charge in [0.25, 0.3) is 11.8 Å². The number of carbonyl (C=O) groups is 2. The van der Waals surface area contributed by atoms with Crippen molar-refractivity contribution in [2.75, 3.05) is 26.2 Å². The summed E-state index contributed by atoms with van der Waals surface area (Å²) in [6.45, 7) is 7.32. The van der Waals surface area contributed by atoms with E-state index < -0.39 is 0 Å². The highest BCUT2D eigenvalue weighted by atomic mass is 16.2. The summed E-state index contributed by atoms with van der Waals surface area (Å²) in [6.07, 6.45) is 19.7. The molecule has 54 heavy (non-hydrogen) atoms. The van der Waals surface area contributed by atoms with Crippen LogP contribution in [0.4, 0.5) is 0 Å². The Morgan fingerprint density at radius 3 is 1.48 bits per heavy atom. The maximum atomic E-state index is 12.9. The number of aromatic amines is 2. The molecular weight excluding hydrogens is 681 g/mol. The second-order valence-corrected chi connectivity index (χ2v) is 14.4. The fourth-order valence-electron chi connectivity index (χ4n) is 8.05. The quantitative estimate of drug-likeness (QED) is 0.233. The smallest absolute Gasteiger partial charge is 0.255 e. The van der Waals surface area contributed by atoms with Crippen LogP contribution in [0.3, 0.4) is 0 Å². The predicted octanol–water partition coefficient (Wildman–Crippen LogP) is 5.74. The van der Waals surface area contributed by atoms with Gasteiger partial charge in [-0.05, 0) is 61.1 Å². The number of hydrogen-bond donors (Lipinski definition) is 2. The van der Waals surface area contributed by atoms with E-state index in [1.54, 1.807) is 36.9 Å². The molecule has 2 aliphatic heterocycles. The standard InChI is InChI=1S/2C20H20N6O/c2*1-13-5-8-25(20(27)14-3-2-6-21-9-14)12-16(13)19-24-11-15-10-23-18-17(26(15)19)4-7-22-18/h2*2-4,6-7,9-11,13,16,22H,5,8,12H2,1H3/t2*13-,16+/m10/s1. The van der Waals surface area contributed by atoms with E-state index in [-0.39, 0.29) is 23.7 Å². The minimum atomic E-state index is 0.0364. The molecule has 0 aliphatic carbocycles. The van der Waals surface area contributed by atoms with Crippen LogP contribution in [0.1, 0.15) is 70.9 Å². The van der Waals surface area contributed by atoms with Crippen LogP contribution in [0.2, 0.25) is 0 Å². The molecule has 2 N–H and O–H groups in total. The highest BCUT2D eigenvalue weighted by Gasteiger charge is 2.35. The third-order valence-corrected chi connectivity index (χ3v) is 11.1. The Morgan fingerprint density at radius 1 is 0.611 bits per heavy atom. The van der Waals surface area contributed by atoms with E-state index in [1.165, 1.54) is 0 Å². The average Bonchev–Trinajstić information content (AvgIpc) is 4.04. The summed E-state index contributed by atoms with van der Waals surface area (Å²) in [4.78, 5) is 62.5. The predicted molar refractivity (Wildman–Crippen MR) is 203 cm³/mol. The number of hydrogen-bond acceptors (Lipinski definition) is 8. The summed E-state index contributed by atoms with van der Waals surface area (Å²) in [7, 11) is 0. The summed E-state index contributed by atoms with van der Waals surface area (Å²) in [5.41, 5.74) is 6.93. The average molecular weight is 721 g/mol. The molecule has 0 saturated carbocycles. The van der Waals surface area contributed by atoms with E-state index in [0.717, 1.165) is 70.9 Å². The maximum absolute atomic E-state index is 12.9. The first kappa shape index (κ1) is 33.4. The minimum Gasteiger partial charge on any atom is -0.345 e. The summed E-state index contributed by atoms with van der Waals surface area (Å²) >= 11 is 0. The van der Waals surface area contributed by atoms with E-state index >= 15 is 0 Å². The number of piperidine rings is 2. The molecule has 14 nitrogen and oxygen atoms in total. The van der Waals surface area contributed by atoms with Gasteiger partial charge in [0, 0.05) is 75.2 Å². The second-order valence-electron chi connectivity index (χ2n) is 14.4. The lowest BCUT2D eigenvalue weighted by molar-refractivity contribution is 0.0657. The van der Waals surface area contributed by atoms with Crippen molar-refractivity contribution in [3.8, 4) is 0 Å². The number of pyridine rings is 2. The van der Waals surface area contributed by atoms with Crippen molar-refractivity contribution >= 4 is 45.2 Å². The van der Waals surface area contributed by atoms with Gasteiger partial charge >= 0.3 is 0 Å². The van der Waals surface area contributed by atoms with Gasteiger partial charge in [0.05, 0.1) is 58.0 Å². The SMILES string of the molecule is C[C@@H]1CCN(C(=O)c2cccnc2)C[C@@H]1c1ncc2cnc3[nH]ccc3n12.C[C@H]1CCN(C(=O)c2cccnc2)C[C@H]1c1ncc2cnc3[nH]ccc3n12. The van der Waals surface area contributed by atoms with E-state index in [2.05, 4.69) is 52.6 Å². The summed E-state index contributed by atoms with van der Waals surface area (Å²) < 4.78 is 4.33. The van der Waals surface area contributed by atoms with Crippen LogP contribution in [0, 0.1) is 11.8 Å². The van der Waals surface area contributed by atoms with E-state index in [1.807, 2.05) is 71.2 Å². The van der Waals surface area contributed by atoms with E-state index in [9.17, 15) is 9.59 Å². The minimum absolute atomic E-state index is 0.0364. The number of rotatable bonds is 4. The lowest BCUT2D eigenvalue weighted by Gasteiger charge is -2.36.